The summed E-state index contributed by atoms with van der Waals surface area (Å²) < 4.78 is 0. The summed E-state index contributed by atoms with van der Waals surface area (Å²) >= 11 is 0. The number of allylic oxidation sites excluding steroid dienone is 1. The number of hydrogen-bond donors (Lipinski definition) is 0. The maximum Gasteiger partial charge on any atom is 0.114 e. The first-order valence-electron chi connectivity index (χ1n) is 2.58. The van der Waals surface area contributed by atoms with Crippen LogP contribution in [0.25, 0.3) is 0 Å². The van der Waals surface area contributed by atoms with Crippen molar-refractivity contribution < 1.29 is 4.84 Å². The van der Waals surface area contributed by atoms with Crippen molar-refractivity contribution in [2.24, 2.45) is 5.16 Å². The SMILES string of the molecule is C=C(C)/C=N/OCC. The van der Waals surface area contributed by atoms with Crippen LogP contribution in [0.4, 0.5) is 0 Å². The highest BCUT2D eigenvalue weighted by Gasteiger charge is 1.72. The minimum absolute atomic E-state index is 0.615. The summed E-state index contributed by atoms with van der Waals surface area (Å²) in [7, 11) is 0. The maximum absolute atomic E-state index is 4.65. The molecule has 0 aromatic heterocycles. The van der Waals surface area contributed by atoms with E-state index >= 15 is 0 Å². The van der Waals surface area contributed by atoms with E-state index in [1.54, 1.807) is 6.21 Å². The average Bonchev–Trinajstić information content (AvgIpc) is 1.66. The minimum Gasteiger partial charge on any atom is -0.396 e. The third kappa shape index (κ3) is 5.21. The molecule has 0 aliphatic heterocycles. The molecule has 46 valence electrons. The molecule has 8 heavy (non-hydrogen) atoms. The quantitative estimate of drug-likeness (QED) is 0.402. The molecule has 0 aromatic carbocycles. The van der Waals surface area contributed by atoms with Gasteiger partial charge in [0.15, 0.2) is 0 Å². The predicted octanol–water partition coefficient (Wildman–Crippen LogP) is 1.58. The second-order valence-electron chi connectivity index (χ2n) is 1.50. The van der Waals surface area contributed by atoms with Gasteiger partial charge in [-0.1, -0.05) is 11.7 Å². The van der Waals surface area contributed by atoms with Crippen LogP contribution in [0.3, 0.4) is 0 Å². The molecule has 0 saturated heterocycles. The van der Waals surface area contributed by atoms with E-state index in [4.69, 9.17) is 0 Å². The molecule has 0 N–H and O–H groups in total. The summed E-state index contributed by atoms with van der Waals surface area (Å²) in [5.74, 6) is 0. The van der Waals surface area contributed by atoms with Gasteiger partial charge in [0.25, 0.3) is 0 Å². The average molecular weight is 113 g/mol. The van der Waals surface area contributed by atoms with E-state index in [9.17, 15) is 0 Å². The van der Waals surface area contributed by atoms with Crippen LogP contribution in [0.2, 0.25) is 0 Å². The minimum atomic E-state index is 0.615. The number of oxime groups is 1. The van der Waals surface area contributed by atoms with Crippen molar-refractivity contribution in [3.05, 3.63) is 12.2 Å². The smallest absolute Gasteiger partial charge is 0.114 e. The first kappa shape index (κ1) is 7.21. The van der Waals surface area contributed by atoms with Crippen molar-refractivity contribution in [1.29, 1.82) is 0 Å². The van der Waals surface area contributed by atoms with Crippen molar-refractivity contribution in [2.45, 2.75) is 13.8 Å². The Balaban J connectivity index is 3.20. The molecular weight excluding hydrogens is 102 g/mol. The van der Waals surface area contributed by atoms with Gasteiger partial charge in [0.1, 0.15) is 6.61 Å². The Kier molecular flexibility index (Phi) is 3.94. The van der Waals surface area contributed by atoms with Crippen LogP contribution in [0.1, 0.15) is 13.8 Å². The van der Waals surface area contributed by atoms with Crippen LogP contribution in [-0.2, 0) is 4.84 Å². The van der Waals surface area contributed by atoms with Gasteiger partial charge in [0.05, 0.1) is 6.21 Å². The normalized spacial score (nSPS) is 9.75. The summed E-state index contributed by atoms with van der Waals surface area (Å²) in [5, 5.41) is 3.56. The highest BCUT2D eigenvalue weighted by Crippen LogP contribution is 1.80. The monoisotopic (exact) mass is 113 g/mol. The zero-order chi connectivity index (χ0) is 6.41. The Hall–Kier alpha value is -0.790. The van der Waals surface area contributed by atoms with E-state index in [1.165, 1.54) is 0 Å². The van der Waals surface area contributed by atoms with Crippen molar-refractivity contribution in [3.63, 3.8) is 0 Å². The topological polar surface area (TPSA) is 21.6 Å². The summed E-state index contributed by atoms with van der Waals surface area (Å²) in [4.78, 5) is 4.65. The van der Waals surface area contributed by atoms with Crippen molar-refractivity contribution in [3.8, 4) is 0 Å². The summed E-state index contributed by atoms with van der Waals surface area (Å²) in [6, 6.07) is 0. The fourth-order valence-corrected chi connectivity index (χ4v) is 0.202. The van der Waals surface area contributed by atoms with Gasteiger partial charge in [-0.2, -0.15) is 0 Å². The van der Waals surface area contributed by atoms with Crippen molar-refractivity contribution in [2.75, 3.05) is 6.61 Å². The first-order valence-corrected chi connectivity index (χ1v) is 2.58. The fourth-order valence-electron chi connectivity index (χ4n) is 0.202. The molecule has 0 rings (SSSR count). The van der Waals surface area contributed by atoms with Crippen LogP contribution in [-0.4, -0.2) is 12.8 Å². The highest BCUT2D eigenvalue weighted by atomic mass is 16.6. The van der Waals surface area contributed by atoms with Gasteiger partial charge >= 0.3 is 0 Å². The fraction of sp³-hybridized carbons (Fsp3) is 0.500. The zero-order valence-corrected chi connectivity index (χ0v) is 5.35. The van der Waals surface area contributed by atoms with E-state index in [-0.39, 0.29) is 0 Å². The molecule has 0 saturated carbocycles. The molecule has 0 unspecified atom stereocenters. The van der Waals surface area contributed by atoms with E-state index in [2.05, 4.69) is 16.6 Å². The van der Waals surface area contributed by atoms with Gasteiger partial charge in [-0.15, -0.1) is 0 Å². The van der Waals surface area contributed by atoms with E-state index in [0.717, 1.165) is 5.57 Å². The lowest BCUT2D eigenvalue weighted by atomic mass is 10.4. The van der Waals surface area contributed by atoms with E-state index < -0.39 is 0 Å². The third-order valence-electron chi connectivity index (χ3n) is 0.477. The number of nitrogens with zero attached hydrogens (tertiary/aromatic N) is 1. The summed E-state index contributed by atoms with van der Waals surface area (Å²) in [6.07, 6.45) is 1.59. The van der Waals surface area contributed by atoms with Gasteiger partial charge in [-0.3, -0.25) is 0 Å². The predicted molar refractivity (Wildman–Crippen MR) is 34.9 cm³/mol. The highest BCUT2D eigenvalue weighted by molar-refractivity contribution is 5.75. The van der Waals surface area contributed by atoms with Crippen molar-refractivity contribution in [1.82, 2.24) is 0 Å². The number of rotatable bonds is 3. The molecule has 0 heterocycles. The lowest BCUT2D eigenvalue weighted by Gasteiger charge is -1.88. The lowest BCUT2D eigenvalue weighted by molar-refractivity contribution is 0.160. The van der Waals surface area contributed by atoms with Crippen LogP contribution < -0.4 is 0 Å². The molecule has 2 heteroatoms. The van der Waals surface area contributed by atoms with Crippen molar-refractivity contribution >= 4 is 6.21 Å². The Morgan fingerprint density at radius 3 is 2.88 bits per heavy atom. The molecule has 0 spiro atoms. The van der Waals surface area contributed by atoms with E-state index in [0.29, 0.717) is 6.61 Å². The van der Waals surface area contributed by atoms with Gasteiger partial charge < -0.3 is 4.84 Å². The van der Waals surface area contributed by atoms with E-state index in [1.807, 2.05) is 13.8 Å². The van der Waals surface area contributed by atoms with Crippen LogP contribution in [0.15, 0.2) is 17.3 Å². The van der Waals surface area contributed by atoms with Gasteiger partial charge in [0, 0.05) is 0 Å². The molecular formula is C6H11NO. The Morgan fingerprint density at radius 2 is 2.50 bits per heavy atom. The zero-order valence-electron chi connectivity index (χ0n) is 5.35. The molecule has 2 nitrogen and oxygen atoms in total. The standard InChI is InChI=1S/C6H11NO/c1-4-8-7-5-6(2)3/h5H,2,4H2,1,3H3/b7-5+. The largest absolute Gasteiger partial charge is 0.396 e. The molecule has 0 bridgehead atoms. The molecule has 0 aliphatic rings. The molecule has 0 radical (unpaired) electrons. The molecule has 0 aliphatic carbocycles. The second kappa shape index (κ2) is 4.37. The van der Waals surface area contributed by atoms with Gasteiger partial charge in [-0.05, 0) is 19.4 Å². The van der Waals surface area contributed by atoms with Crippen LogP contribution in [0.5, 0.6) is 0 Å². The molecule has 0 amide bonds. The Morgan fingerprint density at radius 1 is 1.88 bits per heavy atom. The molecule has 0 atom stereocenters. The Bertz CT molecular complexity index is 96.7. The maximum atomic E-state index is 4.65. The Labute approximate surface area is 49.8 Å². The van der Waals surface area contributed by atoms with Crippen LogP contribution >= 0.6 is 0 Å². The van der Waals surface area contributed by atoms with Crippen LogP contribution in [0, 0.1) is 0 Å². The third-order valence-corrected chi connectivity index (χ3v) is 0.477. The lowest BCUT2D eigenvalue weighted by Crippen LogP contribution is -1.80. The summed E-state index contributed by atoms with van der Waals surface area (Å²) in [6.45, 7) is 7.96. The second-order valence-corrected chi connectivity index (χ2v) is 1.50. The number of hydrogen-bond acceptors (Lipinski definition) is 2. The molecule has 0 fully saturated rings. The first-order chi connectivity index (χ1) is 3.77. The molecule has 0 aromatic rings. The summed E-state index contributed by atoms with van der Waals surface area (Å²) in [5.41, 5.74) is 0.901. The van der Waals surface area contributed by atoms with Gasteiger partial charge in [-0.25, -0.2) is 0 Å². The van der Waals surface area contributed by atoms with Gasteiger partial charge in [0.2, 0.25) is 0 Å².